The molecule has 3 unspecified atom stereocenters. The van der Waals surface area contributed by atoms with E-state index in [2.05, 4.69) is 24.0 Å². The number of nitrogens with zero attached hydrogens (tertiary/aromatic N) is 1. The summed E-state index contributed by atoms with van der Waals surface area (Å²) < 4.78 is 6.14. The van der Waals surface area contributed by atoms with Gasteiger partial charge in [-0.25, -0.2) is 0 Å². The summed E-state index contributed by atoms with van der Waals surface area (Å²) >= 11 is 0. The maximum atomic E-state index is 6.22. The van der Waals surface area contributed by atoms with Crippen LogP contribution in [0.25, 0.3) is 10.9 Å². The van der Waals surface area contributed by atoms with E-state index >= 15 is 0 Å². The van der Waals surface area contributed by atoms with Gasteiger partial charge in [0.25, 0.3) is 0 Å². The Hall–Kier alpha value is -1.61. The minimum atomic E-state index is 0.134. The van der Waals surface area contributed by atoms with Crippen LogP contribution in [0.5, 0.6) is 5.75 Å². The first kappa shape index (κ1) is 13.4. The van der Waals surface area contributed by atoms with Crippen molar-refractivity contribution in [2.45, 2.75) is 44.8 Å². The van der Waals surface area contributed by atoms with Crippen LogP contribution in [0.3, 0.4) is 0 Å². The molecule has 1 aromatic carbocycles. The number of rotatable bonds is 3. The van der Waals surface area contributed by atoms with E-state index in [1.54, 1.807) is 0 Å². The molecule has 1 aromatic heterocycles. The van der Waals surface area contributed by atoms with E-state index in [0.29, 0.717) is 0 Å². The number of nitrogens with two attached hydrogens (primary N) is 1. The van der Waals surface area contributed by atoms with E-state index in [-0.39, 0.29) is 12.1 Å². The molecule has 1 aliphatic carbocycles. The van der Waals surface area contributed by atoms with E-state index in [4.69, 9.17) is 10.5 Å². The summed E-state index contributed by atoms with van der Waals surface area (Å²) in [7, 11) is 0. The number of hydrogen-bond donors (Lipinski definition) is 1. The molecule has 3 nitrogen and oxygen atoms in total. The Balaban J connectivity index is 1.77. The summed E-state index contributed by atoms with van der Waals surface area (Å²) in [6, 6.07) is 10.3. The molecule has 3 heteroatoms. The van der Waals surface area contributed by atoms with Gasteiger partial charge in [-0.1, -0.05) is 19.4 Å². The molecule has 1 heterocycles. The van der Waals surface area contributed by atoms with Crippen molar-refractivity contribution in [3.05, 3.63) is 36.5 Å². The highest BCUT2D eigenvalue weighted by molar-refractivity contribution is 5.79. The highest BCUT2D eigenvalue weighted by Crippen LogP contribution is 2.30. The van der Waals surface area contributed by atoms with Crippen LogP contribution < -0.4 is 10.5 Å². The van der Waals surface area contributed by atoms with Crippen molar-refractivity contribution in [2.24, 2.45) is 11.7 Å². The van der Waals surface area contributed by atoms with Crippen molar-refractivity contribution in [1.82, 2.24) is 4.98 Å². The van der Waals surface area contributed by atoms with E-state index in [0.717, 1.165) is 35.4 Å². The molecule has 2 N–H and O–H groups in total. The Bertz CT molecular complexity index is 584. The van der Waals surface area contributed by atoms with Crippen LogP contribution in [0.15, 0.2) is 36.5 Å². The molecule has 0 spiro atoms. The van der Waals surface area contributed by atoms with Gasteiger partial charge in [-0.3, -0.25) is 4.98 Å². The van der Waals surface area contributed by atoms with Gasteiger partial charge in [0.1, 0.15) is 11.9 Å². The molecule has 1 aliphatic rings. The lowest BCUT2D eigenvalue weighted by Gasteiger charge is -2.33. The molecule has 3 rings (SSSR count). The van der Waals surface area contributed by atoms with Crippen molar-refractivity contribution >= 4 is 10.9 Å². The van der Waals surface area contributed by atoms with Gasteiger partial charge in [0.15, 0.2) is 0 Å². The molecule has 20 heavy (non-hydrogen) atoms. The van der Waals surface area contributed by atoms with Crippen LogP contribution in [0.1, 0.15) is 32.6 Å². The summed E-state index contributed by atoms with van der Waals surface area (Å²) in [5.74, 6) is 1.63. The van der Waals surface area contributed by atoms with Crippen LogP contribution in [0.2, 0.25) is 0 Å². The maximum Gasteiger partial charge on any atom is 0.122 e. The molecular weight excluding hydrogens is 248 g/mol. The summed E-state index contributed by atoms with van der Waals surface area (Å²) in [6.07, 6.45) is 6.52. The zero-order valence-corrected chi connectivity index (χ0v) is 12.0. The molecule has 1 fully saturated rings. The third-order valence-electron chi connectivity index (χ3n) is 4.39. The highest BCUT2D eigenvalue weighted by atomic mass is 16.5. The SMILES string of the molecule is CCC1CCC(N)C(Oc2ccc3cccnc3c2)C1. The second-order valence-corrected chi connectivity index (χ2v) is 5.77. The molecule has 0 amide bonds. The third-order valence-corrected chi connectivity index (χ3v) is 4.39. The summed E-state index contributed by atoms with van der Waals surface area (Å²) in [6.45, 7) is 2.25. The van der Waals surface area contributed by atoms with E-state index < -0.39 is 0 Å². The smallest absolute Gasteiger partial charge is 0.122 e. The fourth-order valence-electron chi connectivity index (χ4n) is 3.04. The highest BCUT2D eigenvalue weighted by Gasteiger charge is 2.28. The monoisotopic (exact) mass is 270 g/mol. The van der Waals surface area contributed by atoms with Gasteiger partial charge in [0.2, 0.25) is 0 Å². The van der Waals surface area contributed by atoms with Crippen molar-refractivity contribution in [3.8, 4) is 5.75 Å². The second kappa shape index (κ2) is 5.80. The normalized spacial score (nSPS) is 26.6. The second-order valence-electron chi connectivity index (χ2n) is 5.77. The Labute approximate surface area is 120 Å². The number of benzene rings is 1. The van der Waals surface area contributed by atoms with Crippen LogP contribution in [0.4, 0.5) is 0 Å². The topological polar surface area (TPSA) is 48.1 Å². The Kier molecular flexibility index (Phi) is 3.88. The fourth-order valence-corrected chi connectivity index (χ4v) is 3.04. The first-order valence-corrected chi connectivity index (χ1v) is 7.53. The van der Waals surface area contributed by atoms with Crippen molar-refractivity contribution in [3.63, 3.8) is 0 Å². The molecule has 0 radical (unpaired) electrons. The van der Waals surface area contributed by atoms with Gasteiger partial charge >= 0.3 is 0 Å². The standard InChI is InChI=1S/C17H22N2O/c1-2-12-5-8-15(18)17(10-12)20-14-7-6-13-4-3-9-19-16(13)11-14/h3-4,6-7,9,11-12,15,17H,2,5,8,10,18H2,1H3. The molecular formula is C17H22N2O. The summed E-state index contributed by atoms with van der Waals surface area (Å²) in [4.78, 5) is 4.37. The average Bonchev–Trinajstić information content (AvgIpc) is 2.49. The van der Waals surface area contributed by atoms with Crippen molar-refractivity contribution in [2.75, 3.05) is 0 Å². The lowest BCUT2D eigenvalue weighted by molar-refractivity contribution is 0.101. The number of hydrogen-bond acceptors (Lipinski definition) is 3. The number of aromatic nitrogens is 1. The molecule has 2 aromatic rings. The Morgan fingerprint density at radius 3 is 3.05 bits per heavy atom. The van der Waals surface area contributed by atoms with Crippen molar-refractivity contribution < 1.29 is 4.74 Å². The molecule has 0 aliphatic heterocycles. The van der Waals surface area contributed by atoms with E-state index in [1.165, 1.54) is 12.8 Å². The molecule has 1 saturated carbocycles. The first-order valence-electron chi connectivity index (χ1n) is 7.53. The largest absolute Gasteiger partial charge is 0.489 e. The Morgan fingerprint density at radius 2 is 2.20 bits per heavy atom. The lowest BCUT2D eigenvalue weighted by atomic mass is 9.83. The van der Waals surface area contributed by atoms with Gasteiger partial charge < -0.3 is 10.5 Å². The van der Waals surface area contributed by atoms with Crippen LogP contribution >= 0.6 is 0 Å². The molecule has 0 bridgehead atoms. The predicted octanol–water partition coefficient (Wildman–Crippen LogP) is 3.52. The quantitative estimate of drug-likeness (QED) is 0.928. The van der Waals surface area contributed by atoms with Crippen LogP contribution in [-0.4, -0.2) is 17.1 Å². The summed E-state index contributed by atoms with van der Waals surface area (Å²) in [5.41, 5.74) is 7.19. The average molecular weight is 270 g/mol. The molecule has 106 valence electrons. The number of pyridine rings is 1. The van der Waals surface area contributed by atoms with Crippen LogP contribution in [-0.2, 0) is 0 Å². The van der Waals surface area contributed by atoms with Crippen molar-refractivity contribution in [1.29, 1.82) is 0 Å². The summed E-state index contributed by atoms with van der Waals surface area (Å²) in [5, 5.41) is 1.14. The zero-order chi connectivity index (χ0) is 13.9. The molecule has 3 atom stereocenters. The lowest BCUT2D eigenvalue weighted by Crippen LogP contribution is -2.43. The first-order chi connectivity index (χ1) is 9.76. The zero-order valence-electron chi connectivity index (χ0n) is 12.0. The van der Waals surface area contributed by atoms with Gasteiger partial charge in [0.05, 0.1) is 5.52 Å². The van der Waals surface area contributed by atoms with Gasteiger partial charge in [-0.2, -0.15) is 0 Å². The van der Waals surface area contributed by atoms with Gasteiger partial charge in [-0.05, 0) is 43.4 Å². The Morgan fingerprint density at radius 1 is 1.30 bits per heavy atom. The van der Waals surface area contributed by atoms with Crippen LogP contribution in [0, 0.1) is 5.92 Å². The fraction of sp³-hybridized carbons (Fsp3) is 0.471. The molecule has 0 saturated heterocycles. The third kappa shape index (κ3) is 2.78. The predicted molar refractivity (Wildman–Crippen MR) is 81.8 cm³/mol. The van der Waals surface area contributed by atoms with E-state index in [1.807, 2.05) is 24.4 Å². The minimum Gasteiger partial charge on any atom is -0.489 e. The van der Waals surface area contributed by atoms with Gasteiger partial charge in [-0.15, -0.1) is 0 Å². The van der Waals surface area contributed by atoms with E-state index in [9.17, 15) is 0 Å². The van der Waals surface area contributed by atoms with Gasteiger partial charge in [0, 0.05) is 23.7 Å². The maximum absolute atomic E-state index is 6.22. The minimum absolute atomic E-state index is 0.134. The number of fused-ring (bicyclic) bond motifs is 1. The number of ether oxygens (including phenoxy) is 1.